The van der Waals surface area contributed by atoms with Crippen LogP contribution in [-0.4, -0.2) is 48.7 Å². The average molecular weight is 512 g/mol. The van der Waals surface area contributed by atoms with Crippen LogP contribution >= 0.6 is 24.0 Å². The average Bonchev–Trinajstić information content (AvgIpc) is 3.25. The molecule has 1 atom stereocenters. The first-order chi connectivity index (χ1) is 13.6. The largest absolute Gasteiger partial charge is 0.466 e. The third kappa shape index (κ3) is 7.01. The van der Waals surface area contributed by atoms with Gasteiger partial charge in [0.25, 0.3) is 0 Å². The predicted octanol–water partition coefficient (Wildman–Crippen LogP) is 3.11. The number of guanidine groups is 1. The first-order valence-electron chi connectivity index (χ1n) is 10.2. The van der Waals surface area contributed by atoms with E-state index in [2.05, 4.69) is 44.8 Å². The highest BCUT2D eigenvalue weighted by atomic mass is 127. The number of benzene rings is 1. The van der Waals surface area contributed by atoms with Crippen LogP contribution in [0.2, 0.25) is 0 Å². The molecule has 0 bridgehead atoms. The minimum Gasteiger partial charge on any atom is -0.466 e. The fourth-order valence-corrected chi connectivity index (χ4v) is 3.49. The zero-order valence-electron chi connectivity index (χ0n) is 17.4. The molecule has 1 aliphatic heterocycles. The second kappa shape index (κ2) is 11.6. The van der Waals surface area contributed by atoms with Gasteiger partial charge in [-0.3, -0.25) is 4.90 Å². The van der Waals surface area contributed by atoms with Gasteiger partial charge in [-0.15, -0.1) is 24.0 Å². The normalized spacial score (nSPS) is 16.4. The molecule has 0 saturated carbocycles. The number of aliphatic hydroxyl groups is 1. The Bertz CT molecular complexity index is 762. The van der Waals surface area contributed by atoms with Crippen molar-refractivity contribution in [3.8, 4) is 0 Å². The lowest BCUT2D eigenvalue weighted by Crippen LogP contribution is -2.40. The van der Waals surface area contributed by atoms with Crippen molar-refractivity contribution in [1.82, 2.24) is 15.5 Å². The number of hydrogen-bond donors (Lipinski definition) is 3. The number of nitrogens with zero attached hydrogens (tertiary/aromatic N) is 2. The van der Waals surface area contributed by atoms with E-state index in [4.69, 9.17) is 4.42 Å². The summed E-state index contributed by atoms with van der Waals surface area (Å²) in [5.41, 5.74) is 1.83. The molecule has 3 rings (SSSR count). The number of furan rings is 1. The van der Waals surface area contributed by atoms with Crippen LogP contribution in [0.25, 0.3) is 0 Å². The number of hydrogen-bond acceptors (Lipinski definition) is 4. The second-order valence-corrected chi connectivity index (χ2v) is 7.52. The van der Waals surface area contributed by atoms with Gasteiger partial charge < -0.3 is 20.2 Å². The molecule has 0 amide bonds. The summed E-state index contributed by atoms with van der Waals surface area (Å²) in [7, 11) is 0. The van der Waals surface area contributed by atoms with Gasteiger partial charge in [0.2, 0.25) is 0 Å². The van der Waals surface area contributed by atoms with Crippen molar-refractivity contribution in [3.05, 3.63) is 59.5 Å². The van der Waals surface area contributed by atoms with Crippen LogP contribution in [0.5, 0.6) is 0 Å². The van der Waals surface area contributed by atoms with Gasteiger partial charge in [-0.25, -0.2) is 4.99 Å². The van der Waals surface area contributed by atoms with Gasteiger partial charge in [-0.05, 0) is 49.9 Å². The smallest absolute Gasteiger partial charge is 0.191 e. The fraction of sp³-hybridized carbons (Fsp3) is 0.500. The van der Waals surface area contributed by atoms with Crippen molar-refractivity contribution in [2.24, 2.45) is 4.99 Å². The molecule has 160 valence electrons. The molecule has 0 saturated heterocycles. The number of halogens is 1. The number of fused-ring (bicyclic) bond motifs is 1. The Morgan fingerprint density at radius 2 is 2.00 bits per heavy atom. The third-order valence-electron chi connectivity index (χ3n) is 5.09. The highest BCUT2D eigenvalue weighted by molar-refractivity contribution is 14.0. The van der Waals surface area contributed by atoms with Crippen LogP contribution in [0.3, 0.4) is 0 Å². The van der Waals surface area contributed by atoms with Gasteiger partial charge in [0.05, 0.1) is 12.8 Å². The van der Waals surface area contributed by atoms with E-state index < -0.39 is 5.60 Å². The summed E-state index contributed by atoms with van der Waals surface area (Å²) < 4.78 is 5.32. The summed E-state index contributed by atoms with van der Waals surface area (Å²) >= 11 is 0. The lowest BCUT2D eigenvalue weighted by Gasteiger charge is -2.28. The summed E-state index contributed by atoms with van der Waals surface area (Å²) in [6, 6.07) is 12.3. The molecular formula is C22H33IN4O2. The van der Waals surface area contributed by atoms with Crippen molar-refractivity contribution in [2.75, 3.05) is 32.7 Å². The standard InChI is InChI=1S/C22H32N4O2.HI/c1-3-23-21(25-17-22(2,27)20-10-6-15-28-20)24-12-7-13-26-14-11-18-8-4-5-9-19(18)16-26;/h4-6,8-10,15,27H,3,7,11-14,16-17H2,1-2H3,(H2,23,24,25);1H. The van der Waals surface area contributed by atoms with Gasteiger partial charge in [0.1, 0.15) is 11.4 Å². The summed E-state index contributed by atoms with van der Waals surface area (Å²) in [4.78, 5) is 7.04. The van der Waals surface area contributed by atoms with E-state index in [0.29, 0.717) is 5.76 Å². The molecule has 7 heteroatoms. The molecule has 3 N–H and O–H groups in total. The molecular weight excluding hydrogens is 479 g/mol. The van der Waals surface area contributed by atoms with Crippen molar-refractivity contribution >= 4 is 29.9 Å². The molecule has 6 nitrogen and oxygen atoms in total. The highest BCUT2D eigenvalue weighted by Gasteiger charge is 2.26. The molecule has 0 fully saturated rings. The Balaban J connectivity index is 0.00000300. The molecule has 2 aromatic rings. The molecule has 29 heavy (non-hydrogen) atoms. The zero-order valence-corrected chi connectivity index (χ0v) is 19.7. The van der Waals surface area contributed by atoms with Crippen LogP contribution in [-0.2, 0) is 18.6 Å². The van der Waals surface area contributed by atoms with Crippen LogP contribution < -0.4 is 10.6 Å². The van der Waals surface area contributed by atoms with E-state index in [0.717, 1.165) is 51.5 Å². The van der Waals surface area contributed by atoms with E-state index in [1.165, 1.54) is 11.1 Å². The Labute approximate surface area is 190 Å². The predicted molar refractivity (Wildman–Crippen MR) is 128 cm³/mol. The maximum Gasteiger partial charge on any atom is 0.191 e. The van der Waals surface area contributed by atoms with Gasteiger partial charge in [-0.1, -0.05) is 24.3 Å². The maximum atomic E-state index is 10.6. The monoisotopic (exact) mass is 512 g/mol. The van der Waals surface area contributed by atoms with Crippen molar-refractivity contribution in [2.45, 2.75) is 38.8 Å². The van der Waals surface area contributed by atoms with E-state index in [9.17, 15) is 5.11 Å². The fourth-order valence-electron chi connectivity index (χ4n) is 3.49. The highest BCUT2D eigenvalue weighted by Crippen LogP contribution is 2.21. The Kier molecular flexibility index (Phi) is 9.45. The SMILES string of the molecule is CCNC(=NCC(C)(O)c1ccco1)NCCCN1CCc2ccccc2C1.I. The molecule has 0 spiro atoms. The summed E-state index contributed by atoms with van der Waals surface area (Å²) in [5.74, 6) is 1.25. The van der Waals surface area contributed by atoms with Gasteiger partial charge in [0, 0.05) is 32.7 Å². The summed E-state index contributed by atoms with van der Waals surface area (Å²) in [6.45, 7) is 8.82. The van der Waals surface area contributed by atoms with Crippen LogP contribution in [0.15, 0.2) is 52.1 Å². The van der Waals surface area contributed by atoms with Crippen LogP contribution in [0.1, 0.15) is 37.2 Å². The minimum atomic E-state index is -1.12. The van der Waals surface area contributed by atoms with E-state index in [1.807, 2.05) is 6.92 Å². The lowest BCUT2D eigenvalue weighted by molar-refractivity contribution is 0.0437. The zero-order chi connectivity index (χ0) is 19.8. The first kappa shape index (κ1) is 23.7. The topological polar surface area (TPSA) is 73.0 Å². The van der Waals surface area contributed by atoms with Crippen molar-refractivity contribution in [1.29, 1.82) is 0 Å². The second-order valence-electron chi connectivity index (χ2n) is 7.52. The van der Waals surface area contributed by atoms with Crippen LogP contribution in [0, 0.1) is 0 Å². The quantitative estimate of drug-likeness (QED) is 0.220. The molecule has 0 radical (unpaired) electrons. The molecule has 2 heterocycles. The van der Waals surface area contributed by atoms with Crippen LogP contribution in [0.4, 0.5) is 0 Å². The van der Waals surface area contributed by atoms with Crippen molar-refractivity contribution < 1.29 is 9.52 Å². The number of aliphatic imine (C=N–C) groups is 1. The molecule has 0 aliphatic carbocycles. The van der Waals surface area contributed by atoms with Gasteiger partial charge in [-0.2, -0.15) is 0 Å². The first-order valence-corrected chi connectivity index (χ1v) is 10.2. The maximum absolute atomic E-state index is 10.6. The minimum absolute atomic E-state index is 0. The van der Waals surface area contributed by atoms with Gasteiger partial charge in [0.15, 0.2) is 5.96 Å². The Morgan fingerprint density at radius 3 is 2.72 bits per heavy atom. The third-order valence-corrected chi connectivity index (χ3v) is 5.09. The molecule has 1 aromatic carbocycles. The lowest BCUT2D eigenvalue weighted by atomic mass is 10.00. The summed E-state index contributed by atoms with van der Waals surface area (Å²) in [5, 5.41) is 17.2. The number of nitrogens with one attached hydrogen (secondary N) is 2. The Morgan fingerprint density at radius 1 is 1.21 bits per heavy atom. The molecule has 1 unspecified atom stereocenters. The van der Waals surface area contributed by atoms with Gasteiger partial charge >= 0.3 is 0 Å². The summed E-state index contributed by atoms with van der Waals surface area (Å²) in [6.07, 6.45) is 3.74. The van der Waals surface area contributed by atoms with E-state index in [-0.39, 0.29) is 30.5 Å². The number of rotatable bonds is 8. The Hall–Kier alpha value is -1.58. The van der Waals surface area contributed by atoms with E-state index >= 15 is 0 Å². The van der Waals surface area contributed by atoms with E-state index in [1.54, 1.807) is 25.3 Å². The molecule has 1 aliphatic rings. The van der Waals surface area contributed by atoms with Crippen molar-refractivity contribution in [3.63, 3.8) is 0 Å². The molecule has 1 aromatic heterocycles.